The van der Waals surface area contributed by atoms with Crippen molar-refractivity contribution in [3.63, 3.8) is 0 Å². The van der Waals surface area contributed by atoms with Crippen molar-refractivity contribution < 1.29 is 4.74 Å². The molecule has 0 atom stereocenters. The molecule has 60 valence electrons. The van der Waals surface area contributed by atoms with Crippen molar-refractivity contribution in [2.45, 2.75) is 6.61 Å². The Kier molecular flexibility index (Phi) is 2.80. The van der Waals surface area contributed by atoms with Gasteiger partial charge in [-0.25, -0.2) is 4.98 Å². The van der Waals surface area contributed by atoms with Gasteiger partial charge in [0.1, 0.15) is 11.5 Å². The number of ether oxygens (including phenoxy) is 1. The minimum absolute atomic E-state index is 0.490. The molecule has 1 N–H and O–H groups in total. The van der Waals surface area contributed by atoms with Crippen LogP contribution in [0.25, 0.3) is 0 Å². The van der Waals surface area contributed by atoms with E-state index in [-0.39, 0.29) is 0 Å². The summed E-state index contributed by atoms with van der Waals surface area (Å²) < 4.78 is 4.93. The van der Waals surface area contributed by atoms with Crippen LogP contribution in [0.15, 0.2) is 12.4 Å². The molecule has 0 fully saturated rings. The average Bonchev–Trinajstić information content (AvgIpc) is 2.06. The number of rotatable bonds is 3. The van der Waals surface area contributed by atoms with Crippen molar-refractivity contribution in [3.05, 3.63) is 18.1 Å². The van der Waals surface area contributed by atoms with Gasteiger partial charge in [0.25, 0.3) is 0 Å². The minimum atomic E-state index is 0.490. The van der Waals surface area contributed by atoms with Crippen LogP contribution >= 0.6 is 0 Å². The Morgan fingerprint density at radius 1 is 1.45 bits per heavy atom. The van der Waals surface area contributed by atoms with Gasteiger partial charge < -0.3 is 10.1 Å². The van der Waals surface area contributed by atoms with Gasteiger partial charge in [-0.1, -0.05) is 0 Å². The molecule has 1 rings (SSSR count). The Hall–Kier alpha value is -1.16. The molecule has 0 spiro atoms. The first-order chi connectivity index (χ1) is 5.38. The van der Waals surface area contributed by atoms with Gasteiger partial charge in [-0.15, -0.1) is 0 Å². The largest absolute Gasteiger partial charge is 0.378 e. The van der Waals surface area contributed by atoms with Gasteiger partial charge in [0.15, 0.2) is 0 Å². The summed E-state index contributed by atoms with van der Waals surface area (Å²) >= 11 is 0. The maximum atomic E-state index is 4.93. The number of anilines is 1. The van der Waals surface area contributed by atoms with Crippen LogP contribution in [0.4, 0.5) is 5.82 Å². The molecular weight excluding hydrogens is 142 g/mol. The zero-order valence-corrected chi connectivity index (χ0v) is 6.66. The number of hydrogen-bond acceptors (Lipinski definition) is 4. The van der Waals surface area contributed by atoms with E-state index in [1.165, 1.54) is 0 Å². The van der Waals surface area contributed by atoms with Gasteiger partial charge in [0, 0.05) is 26.6 Å². The molecule has 1 aromatic heterocycles. The highest BCUT2D eigenvalue weighted by Gasteiger charge is 2.00. The van der Waals surface area contributed by atoms with Crippen molar-refractivity contribution in [1.82, 2.24) is 9.97 Å². The zero-order valence-electron chi connectivity index (χ0n) is 6.66. The molecule has 1 aromatic rings. The van der Waals surface area contributed by atoms with Crippen LogP contribution in [0.2, 0.25) is 0 Å². The van der Waals surface area contributed by atoms with E-state index in [4.69, 9.17) is 4.74 Å². The van der Waals surface area contributed by atoms with E-state index >= 15 is 0 Å². The molecule has 0 amide bonds. The molecule has 4 heteroatoms. The van der Waals surface area contributed by atoms with Crippen LogP contribution in [0, 0.1) is 0 Å². The fraction of sp³-hybridized carbons (Fsp3) is 0.429. The highest BCUT2D eigenvalue weighted by Crippen LogP contribution is 2.06. The van der Waals surface area contributed by atoms with Crippen LogP contribution in [0.5, 0.6) is 0 Å². The zero-order chi connectivity index (χ0) is 8.10. The molecule has 0 saturated heterocycles. The smallest absolute Gasteiger partial charge is 0.149 e. The Labute approximate surface area is 65.6 Å². The van der Waals surface area contributed by atoms with Gasteiger partial charge in [0.05, 0.1) is 6.61 Å². The molecule has 0 aliphatic heterocycles. The van der Waals surface area contributed by atoms with Crippen molar-refractivity contribution in [2.24, 2.45) is 0 Å². The fourth-order valence-electron chi connectivity index (χ4n) is 0.818. The number of aromatic nitrogens is 2. The van der Waals surface area contributed by atoms with Gasteiger partial charge in [-0.05, 0) is 0 Å². The lowest BCUT2D eigenvalue weighted by Gasteiger charge is -2.03. The van der Waals surface area contributed by atoms with E-state index in [1.54, 1.807) is 19.5 Å². The van der Waals surface area contributed by atoms with E-state index in [0.717, 1.165) is 11.5 Å². The highest BCUT2D eigenvalue weighted by atomic mass is 16.5. The Bertz CT molecular complexity index is 227. The van der Waals surface area contributed by atoms with E-state index < -0.39 is 0 Å². The Morgan fingerprint density at radius 2 is 2.18 bits per heavy atom. The fourth-order valence-corrected chi connectivity index (χ4v) is 0.818. The summed E-state index contributed by atoms with van der Waals surface area (Å²) in [5, 5.41) is 2.93. The number of nitrogens with one attached hydrogen (secondary N) is 1. The third-order valence-electron chi connectivity index (χ3n) is 1.29. The van der Waals surface area contributed by atoms with Crippen LogP contribution < -0.4 is 5.32 Å². The SMILES string of the molecule is CNc1nccnc1COC. The Morgan fingerprint density at radius 3 is 2.82 bits per heavy atom. The third-order valence-corrected chi connectivity index (χ3v) is 1.29. The second kappa shape index (κ2) is 3.88. The Balaban J connectivity index is 2.83. The van der Waals surface area contributed by atoms with Crippen LogP contribution in [0.1, 0.15) is 5.69 Å². The van der Waals surface area contributed by atoms with E-state index in [1.807, 2.05) is 7.05 Å². The van der Waals surface area contributed by atoms with E-state index in [2.05, 4.69) is 15.3 Å². The van der Waals surface area contributed by atoms with E-state index in [0.29, 0.717) is 6.61 Å². The lowest BCUT2D eigenvalue weighted by molar-refractivity contribution is 0.182. The van der Waals surface area contributed by atoms with Crippen molar-refractivity contribution in [3.8, 4) is 0 Å². The molecule has 0 aromatic carbocycles. The average molecular weight is 153 g/mol. The third kappa shape index (κ3) is 1.88. The minimum Gasteiger partial charge on any atom is -0.378 e. The van der Waals surface area contributed by atoms with Crippen molar-refractivity contribution in [2.75, 3.05) is 19.5 Å². The quantitative estimate of drug-likeness (QED) is 0.693. The normalized spacial score (nSPS) is 9.64. The van der Waals surface area contributed by atoms with Gasteiger partial charge in [-0.3, -0.25) is 4.98 Å². The summed E-state index contributed by atoms with van der Waals surface area (Å²) in [6.07, 6.45) is 3.29. The monoisotopic (exact) mass is 153 g/mol. The summed E-state index contributed by atoms with van der Waals surface area (Å²) in [5.74, 6) is 0.773. The first kappa shape index (κ1) is 7.94. The summed E-state index contributed by atoms with van der Waals surface area (Å²) in [6.45, 7) is 0.490. The van der Waals surface area contributed by atoms with Crippen LogP contribution in [-0.4, -0.2) is 24.1 Å². The van der Waals surface area contributed by atoms with E-state index in [9.17, 15) is 0 Å². The van der Waals surface area contributed by atoms with Crippen LogP contribution in [0.3, 0.4) is 0 Å². The molecule has 4 nitrogen and oxygen atoms in total. The summed E-state index contributed by atoms with van der Waals surface area (Å²) in [4.78, 5) is 8.15. The molecule has 0 aliphatic carbocycles. The first-order valence-electron chi connectivity index (χ1n) is 3.35. The van der Waals surface area contributed by atoms with Crippen LogP contribution in [-0.2, 0) is 11.3 Å². The van der Waals surface area contributed by atoms with Gasteiger partial charge in [0.2, 0.25) is 0 Å². The number of methoxy groups -OCH3 is 1. The molecule has 11 heavy (non-hydrogen) atoms. The van der Waals surface area contributed by atoms with Crippen molar-refractivity contribution in [1.29, 1.82) is 0 Å². The molecule has 0 bridgehead atoms. The summed E-state index contributed by atoms with van der Waals surface area (Å²) in [5.41, 5.74) is 0.831. The van der Waals surface area contributed by atoms with Gasteiger partial charge in [-0.2, -0.15) is 0 Å². The lowest BCUT2D eigenvalue weighted by atomic mass is 10.4. The molecule has 0 unspecified atom stereocenters. The molecule has 0 saturated carbocycles. The summed E-state index contributed by atoms with van der Waals surface area (Å²) in [7, 11) is 3.44. The second-order valence-electron chi connectivity index (χ2n) is 2.03. The maximum absolute atomic E-state index is 4.93. The summed E-state index contributed by atoms with van der Waals surface area (Å²) in [6, 6.07) is 0. The second-order valence-corrected chi connectivity index (χ2v) is 2.03. The molecule has 0 aliphatic rings. The number of hydrogen-bond donors (Lipinski definition) is 1. The molecule has 0 radical (unpaired) electrons. The first-order valence-corrected chi connectivity index (χ1v) is 3.35. The molecular formula is C7H11N3O. The number of nitrogens with zero attached hydrogens (tertiary/aromatic N) is 2. The predicted molar refractivity (Wildman–Crippen MR) is 42.3 cm³/mol. The predicted octanol–water partition coefficient (Wildman–Crippen LogP) is 0.665. The highest BCUT2D eigenvalue weighted by molar-refractivity contribution is 5.37. The van der Waals surface area contributed by atoms with Gasteiger partial charge >= 0.3 is 0 Å². The molecule has 1 heterocycles. The topological polar surface area (TPSA) is 47.0 Å². The van der Waals surface area contributed by atoms with Crippen molar-refractivity contribution >= 4 is 5.82 Å². The standard InChI is InChI=1S/C7H11N3O/c1-8-7-6(5-11-2)9-3-4-10-7/h3-4H,5H2,1-2H3,(H,8,10). The lowest BCUT2D eigenvalue weighted by Crippen LogP contribution is -2.01. The maximum Gasteiger partial charge on any atom is 0.149 e.